The van der Waals surface area contributed by atoms with Gasteiger partial charge in [-0.1, -0.05) is 84.9 Å². The molecular weight excluding hydrogens is 829 g/mol. The van der Waals surface area contributed by atoms with E-state index < -0.39 is 30.2 Å². The predicted octanol–water partition coefficient (Wildman–Crippen LogP) is 8.22. The number of nitrogens with zero attached hydrogens (tertiary/aromatic N) is 6. The number of para-hydroxylation sites is 2. The normalized spacial score (nSPS) is 17.6. The van der Waals surface area contributed by atoms with Gasteiger partial charge >= 0.3 is 0 Å². The Morgan fingerprint density at radius 1 is 0.581 bits per heavy atom. The fraction of sp³-hybridized carbons (Fsp3) is 0.391. The van der Waals surface area contributed by atoms with Crippen molar-refractivity contribution in [2.45, 2.75) is 87.6 Å². The molecule has 4 heterocycles. The van der Waals surface area contributed by atoms with Gasteiger partial charge in [0.25, 0.3) is 0 Å². The van der Waals surface area contributed by atoms with Crippen LogP contribution in [0.25, 0.3) is 11.4 Å². The van der Waals surface area contributed by atoms with Gasteiger partial charge in [-0.2, -0.15) is 0 Å². The van der Waals surface area contributed by atoms with Crippen molar-refractivity contribution in [3.8, 4) is 22.9 Å². The fourth-order valence-corrected chi connectivity index (χ4v) is 10.7. The number of benzene rings is 4. The Morgan fingerprint density at radius 2 is 0.968 bits per heavy atom. The summed E-state index contributed by atoms with van der Waals surface area (Å²) in [5.74, 6) is 2.75. The molecule has 6 aromatic rings. The Morgan fingerprint density at radius 3 is 1.31 bits per heavy atom. The van der Waals surface area contributed by atoms with Gasteiger partial charge in [0.15, 0.2) is 43.0 Å². The van der Waals surface area contributed by atoms with E-state index in [0.717, 1.165) is 59.3 Å². The molecule has 2 saturated heterocycles. The molecular formula is C46H54N6O8S2. The maximum absolute atomic E-state index is 13.3. The molecule has 0 radical (unpaired) electrons. The van der Waals surface area contributed by atoms with Crippen molar-refractivity contribution in [3.63, 3.8) is 0 Å². The molecule has 0 saturated carbocycles. The highest BCUT2D eigenvalue weighted by Crippen LogP contribution is 2.37. The van der Waals surface area contributed by atoms with Crippen molar-refractivity contribution in [1.29, 1.82) is 0 Å². The monoisotopic (exact) mass is 882 g/mol. The third kappa shape index (κ3) is 9.48. The zero-order valence-electron chi connectivity index (χ0n) is 36.0. The first kappa shape index (κ1) is 44.6. The van der Waals surface area contributed by atoms with Gasteiger partial charge in [-0.05, 0) is 87.8 Å². The van der Waals surface area contributed by atoms with Crippen LogP contribution in [0.15, 0.2) is 97.1 Å². The van der Waals surface area contributed by atoms with E-state index in [1.54, 1.807) is 28.1 Å². The quantitative estimate of drug-likeness (QED) is 0.103. The van der Waals surface area contributed by atoms with Crippen LogP contribution >= 0.6 is 0 Å². The summed E-state index contributed by atoms with van der Waals surface area (Å²) in [4.78, 5) is 0. The van der Waals surface area contributed by atoms with Crippen molar-refractivity contribution in [2.24, 2.45) is 0 Å². The number of methoxy groups -OCH3 is 2. The molecule has 2 fully saturated rings. The molecule has 2 aromatic heterocycles. The first-order valence-electron chi connectivity index (χ1n) is 20.8. The van der Waals surface area contributed by atoms with Crippen molar-refractivity contribution in [3.05, 3.63) is 143 Å². The van der Waals surface area contributed by atoms with Crippen LogP contribution in [-0.2, 0) is 40.7 Å². The molecule has 14 nitrogen and oxygen atoms in total. The summed E-state index contributed by atoms with van der Waals surface area (Å²) < 4.78 is 79.8. The van der Waals surface area contributed by atoms with Crippen LogP contribution in [0.3, 0.4) is 0 Å². The first-order valence-corrected chi connectivity index (χ1v) is 24.2. The maximum atomic E-state index is 13.3. The largest absolute Gasteiger partial charge is 0.495 e. The summed E-state index contributed by atoms with van der Waals surface area (Å²) in [6, 6.07) is 29.9. The van der Waals surface area contributed by atoms with Gasteiger partial charge in [-0.25, -0.2) is 16.8 Å². The molecule has 16 heteroatoms. The number of aryl methyl sites for hydroxylation is 2. The van der Waals surface area contributed by atoms with Crippen molar-refractivity contribution < 1.29 is 35.8 Å². The fourth-order valence-electron chi connectivity index (χ4n) is 7.95. The van der Waals surface area contributed by atoms with Gasteiger partial charge < -0.3 is 18.9 Å². The average Bonchev–Trinajstić information content (AvgIpc) is 4.13. The molecule has 0 bridgehead atoms. The predicted molar refractivity (Wildman–Crippen MR) is 236 cm³/mol. The average molecular weight is 883 g/mol. The Bertz CT molecular complexity index is 2490. The summed E-state index contributed by atoms with van der Waals surface area (Å²) in [5.41, 5.74) is 4.88. The van der Waals surface area contributed by atoms with Gasteiger partial charge in [0, 0.05) is 13.2 Å². The third-order valence-corrected chi connectivity index (χ3v) is 15.5. The molecule has 8 rings (SSSR count). The second-order valence-electron chi connectivity index (χ2n) is 15.6. The van der Waals surface area contributed by atoms with E-state index >= 15 is 0 Å². The molecule has 0 amide bonds. The molecule has 0 spiro atoms. The van der Waals surface area contributed by atoms with Crippen LogP contribution in [0.5, 0.6) is 11.5 Å². The Labute approximate surface area is 364 Å². The lowest BCUT2D eigenvalue weighted by Crippen LogP contribution is -2.18. The zero-order chi connectivity index (χ0) is 44.0. The molecule has 2 aliphatic rings. The first-order chi connectivity index (χ1) is 29.8. The van der Waals surface area contributed by atoms with Crippen LogP contribution in [0.4, 0.5) is 0 Å². The Balaban J connectivity index is 0.000000186. The molecule has 0 aliphatic carbocycles. The van der Waals surface area contributed by atoms with Crippen LogP contribution in [-0.4, -0.2) is 73.8 Å². The molecule has 4 aromatic carbocycles. The molecule has 328 valence electrons. The number of aromatic nitrogens is 6. The van der Waals surface area contributed by atoms with Crippen molar-refractivity contribution in [2.75, 3.05) is 27.4 Å². The van der Waals surface area contributed by atoms with E-state index in [0.29, 0.717) is 48.0 Å². The van der Waals surface area contributed by atoms with Gasteiger partial charge in [0.1, 0.15) is 35.2 Å². The van der Waals surface area contributed by atoms with E-state index in [1.807, 2.05) is 120 Å². The number of hydrogen-bond acceptors (Lipinski definition) is 12. The number of rotatable bonds is 14. The Hall–Kier alpha value is -5.42. The summed E-state index contributed by atoms with van der Waals surface area (Å²) >= 11 is 0. The standard InChI is InChI=1S/2C23H27N3O4S/c2*1-16-9-7-12-19(29-3)22(16)26-21(24-25-23(26)20-13-8-14-30-20)15-31(27,28)17(2)18-10-5-4-6-11-18/h2*4-7,9-12,17,20H,8,13-15H2,1-3H3/t17-,20+;17-,20-/m11/s1. The number of sulfone groups is 2. The van der Waals surface area contributed by atoms with Gasteiger partial charge in [0.2, 0.25) is 0 Å². The van der Waals surface area contributed by atoms with Gasteiger partial charge in [0.05, 0.1) is 36.1 Å². The minimum absolute atomic E-state index is 0.222. The van der Waals surface area contributed by atoms with Crippen LogP contribution in [0.2, 0.25) is 0 Å². The minimum atomic E-state index is -3.54. The minimum Gasteiger partial charge on any atom is -0.495 e. The second-order valence-corrected chi connectivity index (χ2v) is 20.2. The van der Waals surface area contributed by atoms with E-state index in [4.69, 9.17) is 18.9 Å². The zero-order valence-corrected chi connectivity index (χ0v) is 37.6. The summed E-state index contributed by atoms with van der Waals surface area (Å²) in [6.07, 6.45) is 3.06. The van der Waals surface area contributed by atoms with E-state index in [9.17, 15) is 16.8 Å². The highest BCUT2D eigenvalue weighted by molar-refractivity contribution is 7.91. The smallest absolute Gasteiger partial charge is 0.167 e. The van der Waals surface area contributed by atoms with E-state index in [-0.39, 0.29) is 23.7 Å². The molecule has 0 unspecified atom stereocenters. The van der Waals surface area contributed by atoms with Crippen molar-refractivity contribution >= 4 is 19.7 Å². The summed E-state index contributed by atoms with van der Waals surface area (Å²) in [7, 11) is -3.89. The van der Waals surface area contributed by atoms with E-state index in [2.05, 4.69) is 20.4 Å². The van der Waals surface area contributed by atoms with Gasteiger partial charge in [-0.15, -0.1) is 20.4 Å². The highest BCUT2D eigenvalue weighted by Gasteiger charge is 2.34. The summed E-state index contributed by atoms with van der Waals surface area (Å²) in [5, 5.41) is 16.1. The van der Waals surface area contributed by atoms with Crippen LogP contribution < -0.4 is 9.47 Å². The molecule has 0 N–H and O–H groups in total. The molecule has 2 aliphatic heterocycles. The lowest BCUT2D eigenvalue weighted by Gasteiger charge is -2.19. The topological polar surface area (TPSA) is 167 Å². The molecule has 62 heavy (non-hydrogen) atoms. The summed E-state index contributed by atoms with van der Waals surface area (Å²) in [6.45, 7) is 8.65. The van der Waals surface area contributed by atoms with Crippen LogP contribution in [0, 0.1) is 13.8 Å². The highest BCUT2D eigenvalue weighted by atomic mass is 32.2. The lowest BCUT2D eigenvalue weighted by molar-refractivity contribution is 0.103. The lowest BCUT2D eigenvalue weighted by atomic mass is 10.1. The third-order valence-electron chi connectivity index (χ3n) is 11.5. The number of ether oxygens (including phenoxy) is 4. The SMILES string of the molecule is COc1cccc(C)c1-n1c(CS(=O)(=O)[C@H](C)c2ccccc2)nnc1[C@@H]1CCCO1.COc1cccc(C)c1-n1c(CS(=O)(=O)[C@H](C)c2ccccc2)nnc1[C@H]1CCCO1. The Kier molecular flexibility index (Phi) is 13.9. The van der Waals surface area contributed by atoms with Crippen molar-refractivity contribution in [1.82, 2.24) is 29.5 Å². The maximum Gasteiger partial charge on any atom is 0.167 e. The van der Waals surface area contributed by atoms with Crippen LogP contribution in [0.1, 0.15) is 108 Å². The second kappa shape index (κ2) is 19.3. The number of hydrogen-bond donors (Lipinski definition) is 0. The van der Waals surface area contributed by atoms with E-state index in [1.165, 1.54) is 0 Å². The molecule has 4 atom stereocenters. The van der Waals surface area contributed by atoms with Gasteiger partial charge in [-0.3, -0.25) is 9.13 Å².